The first kappa shape index (κ1) is 14.1. The molecule has 1 aromatic heterocycles. The molecule has 1 heterocycles. The van der Waals surface area contributed by atoms with Crippen molar-refractivity contribution in [1.82, 2.24) is 10.3 Å². The molecule has 0 saturated heterocycles. The van der Waals surface area contributed by atoms with Crippen molar-refractivity contribution < 1.29 is 4.79 Å². The van der Waals surface area contributed by atoms with Gasteiger partial charge in [-0.1, -0.05) is 29.0 Å². The van der Waals surface area contributed by atoms with Crippen LogP contribution in [-0.4, -0.2) is 16.6 Å². The van der Waals surface area contributed by atoms with Crippen LogP contribution in [0.2, 0.25) is 5.02 Å². The fourth-order valence-electron chi connectivity index (χ4n) is 1.62. The van der Waals surface area contributed by atoms with E-state index in [1.165, 1.54) is 11.3 Å². The number of thiazole rings is 1. The first-order valence-electron chi connectivity index (χ1n) is 5.91. The summed E-state index contributed by atoms with van der Waals surface area (Å²) in [5, 5.41) is 6.77. The van der Waals surface area contributed by atoms with Crippen molar-refractivity contribution >= 4 is 44.3 Å². The van der Waals surface area contributed by atoms with Crippen LogP contribution >= 0.6 is 22.9 Å². The maximum absolute atomic E-state index is 11.8. The normalized spacial score (nSPS) is 11.6. The molecule has 0 aliphatic carbocycles. The second-order valence-electron chi connectivity index (χ2n) is 5.39. The van der Waals surface area contributed by atoms with Crippen molar-refractivity contribution in [1.29, 1.82) is 0 Å². The molecule has 0 aliphatic heterocycles. The number of rotatable bonds is 1. The van der Waals surface area contributed by atoms with E-state index in [0.29, 0.717) is 10.2 Å². The summed E-state index contributed by atoms with van der Waals surface area (Å²) < 4.78 is 0.896. The van der Waals surface area contributed by atoms with Crippen molar-refractivity contribution in [3.05, 3.63) is 22.7 Å². The van der Waals surface area contributed by atoms with E-state index in [2.05, 4.69) is 15.6 Å². The van der Waals surface area contributed by atoms with E-state index in [-0.39, 0.29) is 11.6 Å². The van der Waals surface area contributed by atoms with Crippen molar-refractivity contribution in [3.8, 4) is 0 Å². The number of urea groups is 1. The smallest absolute Gasteiger partial charge is 0.321 e. The summed E-state index contributed by atoms with van der Waals surface area (Å²) in [6.45, 7) is 7.74. The second-order valence-corrected chi connectivity index (χ2v) is 6.80. The van der Waals surface area contributed by atoms with Crippen LogP contribution in [0, 0.1) is 6.92 Å². The van der Waals surface area contributed by atoms with Gasteiger partial charge in [0, 0.05) is 5.54 Å². The van der Waals surface area contributed by atoms with Gasteiger partial charge in [0.25, 0.3) is 0 Å². The third-order valence-electron chi connectivity index (χ3n) is 2.41. The Morgan fingerprint density at radius 3 is 2.63 bits per heavy atom. The number of nitrogens with one attached hydrogen (secondary N) is 2. The molecule has 0 atom stereocenters. The lowest BCUT2D eigenvalue weighted by atomic mass is 10.1. The maximum Gasteiger partial charge on any atom is 0.321 e. The predicted molar refractivity (Wildman–Crippen MR) is 81.3 cm³/mol. The summed E-state index contributed by atoms with van der Waals surface area (Å²) in [5.74, 6) is 0. The third-order valence-corrected chi connectivity index (χ3v) is 3.84. The van der Waals surface area contributed by atoms with Gasteiger partial charge in [-0.2, -0.15) is 0 Å². The Kier molecular flexibility index (Phi) is 3.69. The van der Waals surface area contributed by atoms with E-state index < -0.39 is 0 Å². The number of benzene rings is 1. The van der Waals surface area contributed by atoms with Crippen LogP contribution in [0.1, 0.15) is 26.3 Å². The molecule has 2 rings (SSSR count). The van der Waals surface area contributed by atoms with Gasteiger partial charge in [0.2, 0.25) is 0 Å². The number of halogens is 1. The van der Waals surface area contributed by atoms with Gasteiger partial charge in [-0.15, -0.1) is 0 Å². The predicted octanol–water partition coefficient (Wildman–Crippen LogP) is 4.18. The van der Waals surface area contributed by atoms with Gasteiger partial charge >= 0.3 is 6.03 Å². The molecular weight excluding hydrogens is 282 g/mol. The Morgan fingerprint density at radius 1 is 1.37 bits per heavy atom. The Hall–Kier alpha value is -1.33. The highest BCUT2D eigenvalue weighted by atomic mass is 35.5. The molecule has 2 N–H and O–H groups in total. The minimum absolute atomic E-state index is 0.264. The van der Waals surface area contributed by atoms with E-state index in [9.17, 15) is 4.79 Å². The van der Waals surface area contributed by atoms with Gasteiger partial charge in [-0.3, -0.25) is 5.32 Å². The zero-order chi connectivity index (χ0) is 14.2. The minimum atomic E-state index is -0.283. The number of carbonyl (C=O) groups excluding carboxylic acids is 1. The number of nitrogens with zero attached hydrogens (tertiary/aromatic N) is 1. The molecule has 4 nitrogen and oxygen atoms in total. The largest absolute Gasteiger partial charge is 0.333 e. The number of hydrogen-bond acceptors (Lipinski definition) is 3. The number of fused-ring (bicyclic) bond motifs is 1. The van der Waals surface area contributed by atoms with Gasteiger partial charge in [0.1, 0.15) is 0 Å². The lowest BCUT2D eigenvalue weighted by molar-refractivity contribution is 0.244. The summed E-state index contributed by atoms with van der Waals surface area (Å²) in [6, 6.07) is 3.50. The van der Waals surface area contributed by atoms with Crippen LogP contribution in [0.4, 0.5) is 9.93 Å². The van der Waals surface area contributed by atoms with Crippen LogP contribution in [0.25, 0.3) is 10.2 Å². The average Bonchev–Trinajstić information content (AvgIpc) is 2.65. The monoisotopic (exact) mass is 297 g/mol. The summed E-state index contributed by atoms with van der Waals surface area (Å²) in [5.41, 5.74) is 1.59. The molecule has 6 heteroatoms. The lowest BCUT2D eigenvalue weighted by Gasteiger charge is -2.19. The second kappa shape index (κ2) is 4.98. The molecule has 0 aliphatic rings. The first-order chi connectivity index (χ1) is 8.76. The van der Waals surface area contributed by atoms with E-state index >= 15 is 0 Å². The molecule has 0 saturated carbocycles. The zero-order valence-corrected chi connectivity index (χ0v) is 12.9. The Labute approximate surface area is 121 Å². The minimum Gasteiger partial charge on any atom is -0.333 e. The Bertz CT molecular complexity index is 592. The zero-order valence-electron chi connectivity index (χ0n) is 11.3. The molecule has 1 aromatic carbocycles. The van der Waals surface area contributed by atoms with Crippen molar-refractivity contribution in [3.63, 3.8) is 0 Å². The quantitative estimate of drug-likeness (QED) is 0.829. The number of carbonyl (C=O) groups is 1. The fourth-order valence-corrected chi connectivity index (χ4v) is 2.84. The Morgan fingerprint density at radius 2 is 2.05 bits per heavy atom. The molecule has 0 unspecified atom stereocenters. The number of amides is 2. The Balaban J connectivity index is 2.25. The molecule has 0 fully saturated rings. The van der Waals surface area contributed by atoms with E-state index in [0.717, 1.165) is 15.8 Å². The third kappa shape index (κ3) is 3.36. The molecule has 102 valence electrons. The number of aromatic nitrogens is 1. The highest BCUT2D eigenvalue weighted by Gasteiger charge is 2.16. The average molecular weight is 298 g/mol. The highest BCUT2D eigenvalue weighted by Crippen LogP contribution is 2.33. The lowest BCUT2D eigenvalue weighted by Crippen LogP contribution is -2.43. The fraction of sp³-hybridized carbons (Fsp3) is 0.385. The molecule has 0 radical (unpaired) electrons. The van der Waals surface area contributed by atoms with Crippen LogP contribution in [0.3, 0.4) is 0 Å². The number of hydrogen-bond donors (Lipinski definition) is 2. The van der Waals surface area contributed by atoms with Crippen molar-refractivity contribution in [2.24, 2.45) is 0 Å². The van der Waals surface area contributed by atoms with Gasteiger partial charge in [-0.05, 0) is 39.3 Å². The van der Waals surface area contributed by atoms with E-state index in [1.54, 1.807) is 0 Å². The van der Waals surface area contributed by atoms with Crippen molar-refractivity contribution in [2.75, 3.05) is 5.32 Å². The van der Waals surface area contributed by atoms with Gasteiger partial charge < -0.3 is 5.32 Å². The molecule has 2 aromatic rings. The summed E-state index contributed by atoms with van der Waals surface area (Å²) in [6.07, 6.45) is 0. The maximum atomic E-state index is 11.8. The summed E-state index contributed by atoms with van der Waals surface area (Å²) in [4.78, 5) is 16.2. The van der Waals surface area contributed by atoms with Gasteiger partial charge in [-0.25, -0.2) is 9.78 Å². The summed E-state index contributed by atoms with van der Waals surface area (Å²) >= 11 is 7.50. The molecule has 19 heavy (non-hydrogen) atoms. The first-order valence-corrected chi connectivity index (χ1v) is 7.10. The molecule has 2 amide bonds. The topological polar surface area (TPSA) is 54.0 Å². The number of aryl methyl sites for hydroxylation is 1. The molecule has 0 bridgehead atoms. The van der Waals surface area contributed by atoms with Crippen molar-refractivity contribution in [2.45, 2.75) is 33.2 Å². The van der Waals surface area contributed by atoms with E-state index in [4.69, 9.17) is 11.6 Å². The van der Waals surface area contributed by atoms with Gasteiger partial charge in [0.05, 0.1) is 15.2 Å². The van der Waals surface area contributed by atoms with Crippen LogP contribution in [0.5, 0.6) is 0 Å². The standard InChI is InChI=1S/C13H16ClN3OS/c1-7-5-6-8(14)10-9(7)15-12(19-10)16-11(18)17-13(2,3)4/h5-6H,1-4H3,(H2,15,16,17,18). The highest BCUT2D eigenvalue weighted by molar-refractivity contribution is 7.23. The van der Waals surface area contributed by atoms with Crippen LogP contribution in [-0.2, 0) is 0 Å². The van der Waals surface area contributed by atoms with Crippen LogP contribution < -0.4 is 10.6 Å². The van der Waals surface area contributed by atoms with Crippen LogP contribution in [0.15, 0.2) is 12.1 Å². The molecule has 0 spiro atoms. The molecular formula is C13H16ClN3OS. The SMILES string of the molecule is Cc1ccc(Cl)c2sc(NC(=O)NC(C)(C)C)nc12. The number of anilines is 1. The summed E-state index contributed by atoms with van der Waals surface area (Å²) in [7, 11) is 0. The van der Waals surface area contributed by atoms with Gasteiger partial charge in [0.15, 0.2) is 5.13 Å². The van der Waals surface area contributed by atoms with E-state index in [1.807, 2.05) is 39.8 Å².